The van der Waals surface area contributed by atoms with E-state index in [2.05, 4.69) is 35.9 Å². The number of anilines is 1. The molecule has 28 heavy (non-hydrogen) atoms. The highest BCUT2D eigenvalue weighted by molar-refractivity contribution is 7.16. The van der Waals surface area contributed by atoms with Gasteiger partial charge in [-0.05, 0) is 30.0 Å². The fourth-order valence-electron chi connectivity index (χ4n) is 3.00. The predicted octanol–water partition coefficient (Wildman–Crippen LogP) is 4.88. The summed E-state index contributed by atoms with van der Waals surface area (Å²) in [5, 5.41) is 10.0. The number of hydrogen-bond acceptors (Lipinski definition) is 5. The Kier molecular flexibility index (Phi) is 6.76. The van der Waals surface area contributed by atoms with Crippen molar-refractivity contribution in [2.75, 3.05) is 11.4 Å². The van der Waals surface area contributed by atoms with Crippen LogP contribution < -0.4 is 4.90 Å². The van der Waals surface area contributed by atoms with E-state index in [1.165, 1.54) is 4.88 Å². The Labute approximate surface area is 169 Å². The fraction of sp³-hybridized carbons (Fsp3) is 0.318. The number of aliphatic carboxylic acids is 1. The van der Waals surface area contributed by atoms with Crippen LogP contribution in [0.2, 0.25) is 0 Å². The van der Waals surface area contributed by atoms with E-state index in [1.54, 1.807) is 23.7 Å². The highest BCUT2D eigenvalue weighted by Crippen LogP contribution is 2.35. The molecular formula is C22H25N3O2S. The molecule has 1 aromatic carbocycles. The van der Waals surface area contributed by atoms with Gasteiger partial charge in [-0.3, -0.25) is 9.78 Å². The molecule has 0 bridgehead atoms. The molecule has 2 aromatic heterocycles. The smallest absolute Gasteiger partial charge is 0.305 e. The lowest BCUT2D eigenvalue weighted by Crippen LogP contribution is -2.25. The summed E-state index contributed by atoms with van der Waals surface area (Å²) in [6, 6.07) is 14.0. The highest BCUT2D eigenvalue weighted by atomic mass is 32.1. The lowest BCUT2D eigenvalue weighted by Gasteiger charge is -2.21. The number of thiazole rings is 1. The summed E-state index contributed by atoms with van der Waals surface area (Å²) >= 11 is 1.66. The van der Waals surface area contributed by atoms with Gasteiger partial charge in [0.25, 0.3) is 0 Å². The highest BCUT2D eigenvalue weighted by Gasteiger charge is 2.19. The summed E-state index contributed by atoms with van der Waals surface area (Å²) in [5.74, 6) is -0.290. The topological polar surface area (TPSA) is 66.3 Å². The molecular weight excluding hydrogens is 370 g/mol. The molecule has 5 nitrogen and oxygen atoms in total. The van der Waals surface area contributed by atoms with E-state index >= 15 is 0 Å². The molecule has 0 atom stereocenters. The Morgan fingerprint density at radius 1 is 1.14 bits per heavy atom. The molecule has 0 spiro atoms. The summed E-state index contributed by atoms with van der Waals surface area (Å²) in [7, 11) is 0. The van der Waals surface area contributed by atoms with Crippen LogP contribution in [-0.2, 0) is 17.8 Å². The van der Waals surface area contributed by atoms with Gasteiger partial charge in [-0.15, -0.1) is 11.3 Å². The van der Waals surface area contributed by atoms with Crippen LogP contribution in [0.5, 0.6) is 0 Å². The molecule has 0 aliphatic rings. The average Bonchev–Trinajstić information content (AvgIpc) is 3.09. The number of carboxylic acids is 1. The van der Waals surface area contributed by atoms with Gasteiger partial charge in [0, 0.05) is 35.9 Å². The van der Waals surface area contributed by atoms with Gasteiger partial charge in [0.15, 0.2) is 5.13 Å². The summed E-state index contributed by atoms with van der Waals surface area (Å²) in [4.78, 5) is 23.5. The van der Waals surface area contributed by atoms with Gasteiger partial charge in [-0.1, -0.05) is 44.2 Å². The number of carbonyl (C=O) groups is 1. The standard InChI is InChI=1S/C22H25N3O2S/c1-16(2)14-19-21(18-8-11-23-12-9-18)24-22(28-19)25(13-10-20(26)27)15-17-6-4-3-5-7-17/h3-9,11-12,16H,10,13-15H2,1-2H3,(H,26,27). The fourth-order valence-corrected chi connectivity index (χ4v) is 4.31. The van der Waals surface area contributed by atoms with Gasteiger partial charge in [-0.25, -0.2) is 4.98 Å². The Morgan fingerprint density at radius 2 is 1.86 bits per heavy atom. The van der Waals surface area contributed by atoms with Crippen LogP contribution >= 0.6 is 11.3 Å². The van der Waals surface area contributed by atoms with Crippen LogP contribution in [0.25, 0.3) is 11.3 Å². The number of rotatable bonds is 9. The lowest BCUT2D eigenvalue weighted by molar-refractivity contribution is -0.136. The molecule has 2 heterocycles. The second kappa shape index (κ2) is 9.46. The molecule has 0 unspecified atom stereocenters. The molecule has 1 N–H and O–H groups in total. The molecule has 0 amide bonds. The first kappa shape index (κ1) is 20.0. The van der Waals surface area contributed by atoms with Gasteiger partial charge in [0.2, 0.25) is 0 Å². The van der Waals surface area contributed by atoms with Crippen molar-refractivity contribution in [1.82, 2.24) is 9.97 Å². The zero-order valence-corrected chi connectivity index (χ0v) is 17.0. The van der Waals surface area contributed by atoms with E-state index < -0.39 is 5.97 Å². The molecule has 6 heteroatoms. The maximum atomic E-state index is 11.2. The number of aromatic nitrogens is 2. The lowest BCUT2D eigenvalue weighted by atomic mass is 10.1. The first-order valence-electron chi connectivity index (χ1n) is 9.43. The van der Waals surface area contributed by atoms with Crippen molar-refractivity contribution in [2.24, 2.45) is 5.92 Å². The van der Waals surface area contributed by atoms with E-state index in [0.29, 0.717) is 19.0 Å². The Balaban J connectivity index is 1.96. The Morgan fingerprint density at radius 3 is 2.50 bits per heavy atom. The van der Waals surface area contributed by atoms with Crippen molar-refractivity contribution < 1.29 is 9.90 Å². The first-order valence-corrected chi connectivity index (χ1v) is 10.3. The molecule has 0 saturated heterocycles. The third kappa shape index (κ3) is 5.39. The van der Waals surface area contributed by atoms with Crippen molar-refractivity contribution >= 4 is 22.4 Å². The number of pyridine rings is 1. The van der Waals surface area contributed by atoms with E-state index in [1.807, 2.05) is 30.3 Å². The van der Waals surface area contributed by atoms with E-state index in [4.69, 9.17) is 4.98 Å². The largest absolute Gasteiger partial charge is 0.481 e. The second-order valence-corrected chi connectivity index (χ2v) is 8.22. The first-order chi connectivity index (χ1) is 13.5. The minimum atomic E-state index is -0.800. The zero-order chi connectivity index (χ0) is 19.9. The minimum Gasteiger partial charge on any atom is -0.481 e. The van der Waals surface area contributed by atoms with Crippen LogP contribution in [0, 0.1) is 5.92 Å². The molecule has 0 radical (unpaired) electrons. The SMILES string of the molecule is CC(C)Cc1sc(N(CCC(=O)O)Cc2ccccc2)nc1-c1ccncc1. The summed E-state index contributed by atoms with van der Waals surface area (Å²) in [6.45, 7) is 5.46. The monoisotopic (exact) mass is 395 g/mol. The van der Waals surface area contributed by atoms with Crippen molar-refractivity contribution in [3.8, 4) is 11.3 Å². The van der Waals surface area contributed by atoms with Crippen molar-refractivity contribution in [1.29, 1.82) is 0 Å². The van der Waals surface area contributed by atoms with Crippen molar-refractivity contribution in [3.05, 3.63) is 65.3 Å². The average molecular weight is 396 g/mol. The number of carboxylic acid groups (broad SMARTS) is 1. The molecule has 3 rings (SSSR count). The molecule has 3 aromatic rings. The third-order valence-corrected chi connectivity index (χ3v) is 5.45. The Bertz CT molecular complexity index is 895. The van der Waals surface area contributed by atoms with Gasteiger partial charge < -0.3 is 10.0 Å². The van der Waals surface area contributed by atoms with Crippen molar-refractivity contribution in [3.63, 3.8) is 0 Å². The normalized spacial score (nSPS) is 11.0. The molecule has 0 aliphatic carbocycles. The van der Waals surface area contributed by atoms with Crippen LogP contribution in [0.15, 0.2) is 54.9 Å². The van der Waals surface area contributed by atoms with Crippen molar-refractivity contribution in [2.45, 2.75) is 33.2 Å². The second-order valence-electron chi connectivity index (χ2n) is 7.15. The van der Waals surface area contributed by atoms with Crippen LogP contribution in [0.3, 0.4) is 0 Å². The predicted molar refractivity (Wildman–Crippen MR) is 114 cm³/mol. The van der Waals surface area contributed by atoms with E-state index in [9.17, 15) is 9.90 Å². The number of hydrogen-bond donors (Lipinski definition) is 1. The number of nitrogens with zero attached hydrogens (tertiary/aromatic N) is 3. The summed E-state index contributed by atoms with van der Waals surface area (Å²) < 4.78 is 0. The summed E-state index contributed by atoms with van der Waals surface area (Å²) in [5.41, 5.74) is 3.16. The molecule has 0 aliphatic heterocycles. The van der Waals surface area contributed by atoms with Gasteiger partial charge >= 0.3 is 5.97 Å². The van der Waals surface area contributed by atoms with Crippen LogP contribution in [0.4, 0.5) is 5.13 Å². The zero-order valence-electron chi connectivity index (χ0n) is 16.2. The maximum absolute atomic E-state index is 11.2. The number of benzene rings is 1. The van der Waals surface area contributed by atoms with E-state index in [-0.39, 0.29) is 6.42 Å². The quantitative estimate of drug-likeness (QED) is 0.559. The molecule has 0 fully saturated rings. The summed E-state index contributed by atoms with van der Waals surface area (Å²) in [6.07, 6.45) is 4.57. The third-order valence-electron chi connectivity index (χ3n) is 4.32. The minimum absolute atomic E-state index is 0.0799. The van der Waals surface area contributed by atoms with Crippen LogP contribution in [0.1, 0.15) is 30.7 Å². The maximum Gasteiger partial charge on any atom is 0.305 e. The molecule has 0 saturated carbocycles. The van der Waals surface area contributed by atoms with Gasteiger partial charge in [0.05, 0.1) is 12.1 Å². The molecule has 146 valence electrons. The van der Waals surface area contributed by atoms with Gasteiger partial charge in [-0.2, -0.15) is 0 Å². The Hall–Kier alpha value is -2.73. The van der Waals surface area contributed by atoms with Gasteiger partial charge in [0.1, 0.15) is 0 Å². The van der Waals surface area contributed by atoms with E-state index in [0.717, 1.165) is 28.4 Å². The van der Waals surface area contributed by atoms with Crippen LogP contribution in [-0.4, -0.2) is 27.6 Å².